The number of nitrogen functional groups attached to an aromatic ring is 1. The normalized spacial score (nSPS) is 12.4. The number of aromatic nitrogens is 2. The van der Waals surface area contributed by atoms with Gasteiger partial charge in [-0.25, -0.2) is 0 Å². The highest BCUT2D eigenvalue weighted by atomic mass is 32.2. The minimum Gasteiger partial charge on any atom is -0.382 e. The average Bonchev–Trinajstić information content (AvgIpc) is 2.17. The fourth-order valence-corrected chi connectivity index (χ4v) is 1.75. The van der Waals surface area contributed by atoms with E-state index >= 15 is 0 Å². The summed E-state index contributed by atoms with van der Waals surface area (Å²) in [6.07, 6.45) is 2.11. The molecule has 1 rings (SSSR count). The van der Waals surface area contributed by atoms with Gasteiger partial charge in [0, 0.05) is 6.54 Å². The summed E-state index contributed by atoms with van der Waals surface area (Å²) in [5.41, 5.74) is 5.43. The molecule has 0 fully saturated rings. The highest BCUT2D eigenvalue weighted by molar-refractivity contribution is 7.98. The molecule has 1 aromatic rings. The van der Waals surface area contributed by atoms with E-state index in [1.54, 1.807) is 6.07 Å². The number of anilines is 2. The monoisotopic (exact) mass is 212 g/mol. The van der Waals surface area contributed by atoms with E-state index in [-0.39, 0.29) is 0 Å². The molecule has 0 saturated heterocycles. The van der Waals surface area contributed by atoms with E-state index < -0.39 is 0 Å². The van der Waals surface area contributed by atoms with Crippen LogP contribution in [0, 0.1) is 5.92 Å². The summed E-state index contributed by atoms with van der Waals surface area (Å²) in [5, 5.41) is 10.9. The van der Waals surface area contributed by atoms with Gasteiger partial charge in [0.25, 0.3) is 0 Å². The van der Waals surface area contributed by atoms with Crippen molar-refractivity contribution in [2.75, 3.05) is 29.6 Å². The van der Waals surface area contributed by atoms with Gasteiger partial charge >= 0.3 is 0 Å². The quantitative estimate of drug-likeness (QED) is 0.774. The molecule has 0 amide bonds. The third-order valence-electron chi connectivity index (χ3n) is 1.77. The Morgan fingerprint density at radius 2 is 2.29 bits per heavy atom. The Balaban J connectivity index is 2.34. The van der Waals surface area contributed by atoms with Gasteiger partial charge in [-0.1, -0.05) is 6.92 Å². The molecule has 1 heterocycles. The van der Waals surface area contributed by atoms with Crippen LogP contribution in [0.15, 0.2) is 12.1 Å². The predicted octanol–water partition coefficient (Wildman–Crippen LogP) is 1.47. The molecule has 0 spiro atoms. The summed E-state index contributed by atoms with van der Waals surface area (Å²) in [4.78, 5) is 0. The van der Waals surface area contributed by atoms with E-state index in [1.807, 2.05) is 17.8 Å². The zero-order chi connectivity index (χ0) is 10.4. The van der Waals surface area contributed by atoms with Crippen LogP contribution in [0.2, 0.25) is 0 Å². The van der Waals surface area contributed by atoms with Gasteiger partial charge in [0.05, 0.1) is 0 Å². The van der Waals surface area contributed by atoms with Gasteiger partial charge in [0.15, 0.2) is 0 Å². The molecular weight excluding hydrogens is 196 g/mol. The minimum atomic E-state index is 0.452. The fraction of sp³-hybridized carbons (Fsp3) is 0.556. The van der Waals surface area contributed by atoms with Crippen LogP contribution in [0.25, 0.3) is 0 Å². The van der Waals surface area contributed by atoms with Crippen LogP contribution >= 0.6 is 11.8 Å². The van der Waals surface area contributed by atoms with Gasteiger partial charge < -0.3 is 11.1 Å². The third-order valence-corrected chi connectivity index (χ3v) is 2.67. The lowest BCUT2D eigenvalue weighted by Crippen LogP contribution is -2.14. The van der Waals surface area contributed by atoms with E-state index in [0.717, 1.165) is 18.1 Å². The molecule has 1 aromatic heterocycles. The summed E-state index contributed by atoms with van der Waals surface area (Å²) in [5.74, 6) is 3.01. The van der Waals surface area contributed by atoms with E-state index in [0.29, 0.717) is 11.7 Å². The maximum absolute atomic E-state index is 5.43. The number of rotatable bonds is 5. The average molecular weight is 212 g/mol. The standard InChI is InChI=1S/C9H16N4S/c1-7(6-14-2)5-11-9-4-3-8(10)12-13-9/h3-4,7H,5-6H2,1-2H3,(H2,10,12)(H,11,13). The molecule has 1 unspecified atom stereocenters. The van der Waals surface area contributed by atoms with Crippen molar-refractivity contribution in [3.63, 3.8) is 0 Å². The number of nitrogens with one attached hydrogen (secondary N) is 1. The van der Waals surface area contributed by atoms with Crippen LogP contribution < -0.4 is 11.1 Å². The van der Waals surface area contributed by atoms with Crippen molar-refractivity contribution in [1.82, 2.24) is 10.2 Å². The molecule has 4 nitrogen and oxygen atoms in total. The maximum atomic E-state index is 5.43. The van der Waals surface area contributed by atoms with Crippen LogP contribution in [-0.4, -0.2) is 28.8 Å². The summed E-state index contributed by atoms with van der Waals surface area (Å²) >= 11 is 1.85. The second-order valence-electron chi connectivity index (χ2n) is 3.28. The topological polar surface area (TPSA) is 63.8 Å². The largest absolute Gasteiger partial charge is 0.382 e. The first-order chi connectivity index (χ1) is 6.72. The van der Waals surface area contributed by atoms with Gasteiger partial charge in [-0.3, -0.25) is 0 Å². The van der Waals surface area contributed by atoms with Crippen molar-refractivity contribution in [2.45, 2.75) is 6.92 Å². The summed E-state index contributed by atoms with van der Waals surface area (Å²) in [7, 11) is 0. The Morgan fingerprint density at radius 3 is 2.86 bits per heavy atom. The Hall–Kier alpha value is -0.970. The third kappa shape index (κ3) is 3.83. The molecule has 78 valence electrons. The molecule has 14 heavy (non-hydrogen) atoms. The molecule has 1 atom stereocenters. The smallest absolute Gasteiger partial charge is 0.148 e. The Kier molecular flexibility index (Phi) is 4.52. The summed E-state index contributed by atoms with van der Waals surface area (Å²) < 4.78 is 0. The van der Waals surface area contributed by atoms with Crippen LogP contribution in [0.4, 0.5) is 11.6 Å². The van der Waals surface area contributed by atoms with Crippen molar-refractivity contribution in [3.8, 4) is 0 Å². The molecule has 0 aromatic carbocycles. The van der Waals surface area contributed by atoms with E-state index in [4.69, 9.17) is 5.73 Å². The molecular formula is C9H16N4S. The first kappa shape index (κ1) is 11.1. The van der Waals surface area contributed by atoms with E-state index in [1.165, 1.54) is 0 Å². The maximum Gasteiger partial charge on any atom is 0.148 e. The number of nitrogens with zero attached hydrogens (tertiary/aromatic N) is 2. The summed E-state index contributed by atoms with van der Waals surface area (Å²) in [6.45, 7) is 3.12. The van der Waals surface area contributed by atoms with Gasteiger partial charge in [-0.15, -0.1) is 10.2 Å². The lowest BCUT2D eigenvalue weighted by molar-refractivity contribution is 0.698. The molecule has 0 aliphatic heterocycles. The molecule has 0 saturated carbocycles. The Labute approximate surface area is 88.7 Å². The van der Waals surface area contributed by atoms with Gasteiger partial charge in [-0.05, 0) is 30.1 Å². The molecule has 5 heteroatoms. The lowest BCUT2D eigenvalue weighted by Gasteiger charge is -2.10. The van der Waals surface area contributed by atoms with Gasteiger partial charge in [0.1, 0.15) is 11.6 Å². The van der Waals surface area contributed by atoms with Crippen LogP contribution in [0.1, 0.15) is 6.92 Å². The van der Waals surface area contributed by atoms with Crippen molar-refractivity contribution < 1.29 is 0 Å². The van der Waals surface area contributed by atoms with Gasteiger partial charge in [0.2, 0.25) is 0 Å². The van der Waals surface area contributed by atoms with Crippen LogP contribution in [-0.2, 0) is 0 Å². The Bertz CT molecular complexity index is 262. The molecule has 0 aliphatic rings. The Morgan fingerprint density at radius 1 is 1.50 bits per heavy atom. The number of hydrogen-bond donors (Lipinski definition) is 2. The molecule has 0 aliphatic carbocycles. The van der Waals surface area contributed by atoms with Crippen LogP contribution in [0.3, 0.4) is 0 Å². The highest BCUT2D eigenvalue weighted by Gasteiger charge is 2.01. The van der Waals surface area contributed by atoms with Crippen molar-refractivity contribution >= 4 is 23.4 Å². The second kappa shape index (κ2) is 5.70. The number of thioether (sulfide) groups is 1. The highest BCUT2D eigenvalue weighted by Crippen LogP contribution is 2.07. The summed E-state index contributed by atoms with van der Waals surface area (Å²) in [6, 6.07) is 3.59. The molecule has 0 bridgehead atoms. The van der Waals surface area contributed by atoms with Crippen molar-refractivity contribution in [2.24, 2.45) is 5.92 Å². The SMILES string of the molecule is CSCC(C)CNc1ccc(N)nn1. The second-order valence-corrected chi connectivity index (χ2v) is 4.20. The number of nitrogens with two attached hydrogens (primary N) is 1. The van der Waals surface area contributed by atoms with Crippen molar-refractivity contribution in [3.05, 3.63) is 12.1 Å². The van der Waals surface area contributed by atoms with Crippen molar-refractivity contribution in [1.29, 1.82) is 0 Å². The molecule has 3 N–H and O–H groups in total. The van der Waals surface area contributed by atoms with Gasteiger partial charge in [-0.2, -0.15) is 11.8 Å². The zero-order valence-corrected chi connectivity index (χ0v) is 9.34. The zero-order valence-electron chi connectivity index (χ0n) is 8.53. The first-order valence-corrected chi connectivity index (χ1v) is 5.93. The number of hydrogen-bond acceptors (Lipinski definition) is 5. The molecule has 0 radical (unpaired) electrons. The fourth-order valence-electron chi connectivity index (χ4n) is 1.06. The van der Waals surface area contributed by atoms with E-state index in [2.05, 4.69) is 28.7 Å². The predicted molar refractivity (Wildman–Crippen MR) is 62.5 cm³/mol. The van der Waals surface area contributed by atoms with Crippen LogP contribution in [0.5, 0.6) is 0 Å². The minimum absolute atomic E-state index is 0.452. The first-order valence-electron chi connectivity index (χ1n) is 4.54. The lowest BCUT2D eigenvalue weighted by atomic mass is 10.2. The van der Waals surface area contributed by atoms with E-state index in [9.17, 15) is 0 Å².